The number of hydrogen-bond acceptors (Lipinski definition) is 5. The van der Waals surface area contributed by atoms with E-state index in [0.29, 0.717) is 30.6 Å². The second-order valence-electron chi connectivity index (χ2n) is 10.5. The first-order chi connectivity index (χ1) is 17.2. The summed E-state index contributed by atoms with van der Waals surface area (Å²) in [6, 6.07) is 12.2. The maximum atomic E-state index is 12.6. The molecule has 2 aromatic rings. The summed E-state index contributed by atoms with van der Waals surface area (Å²) in [7, 11) is 1.66. The molecule has 0 aliphatic carbocycles. The van der Waals surface area contributed by atoms with Crippen LogP contribution in [0.3, 0.4) is 0 Å². The van der Waals surface area contributed by atoms with Gasteiger partial charge in [-0.2, -0.15) is 0 Å². The molecule has 2 aromatic carbocycles. The number of amides is 1. The number of fused-ring (bicyclic) bond motifs is 2. The van der Waals surface area contributed by atoms with E-state index in [1.807, 2.05) is 54.8 Å². The first-order valence-electron chi connectivity index (χ1n) is 13.0. The van der Waals surface area contributed by atoms with E-state index in [4.69, 9.17) is 19.6 Å². The largest absolute Gasteiger partial charge is 0.493 e. The van der Waals surface area contributed by atoms with E-state index in [1.54, 1.807) is 7.11 Å². The van der Waals surface area contributed by atoms with Gasteiger partial charge >= 0.3 is 6.09 Å². The molecular weight excluding hydrogens is 454 g/mol. The number of amidine groups is 1. The number of benzene rings is 2. The second kappa shape index (κ2) is 10.4. The van der Waals surface area contributed by atoms with Gasteiger partial charge in [0.2, 0.25) is 0 Å². The molecule has 2 aliphatic heterocycles. The van der Waals surface area contributed by atoms with Crippen molar-refractivity contribution in [2.45, 2.75) is 59.0 Å². The van der Waals surface area contributed by atoms with Crippen LogP contribution in [0.2, 0.25) is 0 Å². The number of nitrogens with one attached hydrogen (secondary N) is 1. The number of nitrogens with zero attached hydrogens (tertiary/aromatic N) is 2. The molecule has 0 aromatic heterocycles. The number of piperidine rings is 1. The fourth-order valence-corrected chi connectivity index (χ4v) is 5.32. The van der Waals surface area contributed by atoms with E-state index >= 15 is 0 Å². The van der Waals surface area contributed by atoms with Gasteiger partial charge in [0.25, 0.3) is 0 Å². The van der Waals surface area contributed by atoms with Gasteiger partial charge in [0.05, 0.1) is 7.11 Å². The molecule has 2 aliphatic rings. The van der Waals surface area contributed by atoms with Crippen molar-refractivity contribution in [2.24, 2.45) is 5.92 Å². The summed E-state index contributed by atoms with van der Waals surface area (Å²) < 4.78 is 17.7. The molecule has 36 heavy (non-hydrogen) atoms. The number of methoxy groups -OCH3 is 1. The molecule has 1 fully saturated rings. The number of carbonyl (C=O) groups excluding carboxylic acids is 1. The molecule has 1 N–H and O–H groups in total. The highest BCUT2D eigenvalue weighted by atomic mass is 16.6. The summed E-state index contributed by atoms with van der Waals surface area (Å²) >= 11 is 0. The quantitative estimate of drug-likeness (QED) is 0.394. The van der Waals surface area contributed by atoms with Gasteiger partial charge in [0, 0.05) is 48.8 Å². The molecule has 0 spiro atoms. The summed E-state index contributed by atoms with van der Waals surface area (Å²) in [4.78, 5) is 16.5. The molecule has 194 valence electrons. The summed E-state index contributed by atoms with van der Waals surface area (Å²) in [5, 5.41) is 8.69. The standard InChI is InChI=1S/C29H39N3O4/c1-7-31(8-2)27(30)20-12-13-21-24(18-20)35-26-22(10-9-11-23(26)34-6)25(21)19-14-16-32(17-15-19)28(33)36-29(3,4)5/h9-13,18-19,25,30H,7-8,14-17H2,1-6H3. The number of likely N-dealkylation sites (tertiary alicyclic amines) is 1. The molecule has 1 atom stereocenters. The van der Waals surface area contributed by atoms with E-state index in [0.717, 1.165) is 54.1 Å². The Hall–Kier alpha value is -3.22. The van der Waals surface area contributed by atoms with Gasteiger partial charge in [-0.3, -0.25) is 5.41 Å². The Bertz CT molecular complexity index is 1110. The molecule has 7 nitrogen and oxygen atoms in total. The minimum Gasteiger partial charge on any atom is -0.493 e. The smallest absolute Gasteiger partial charge is 0.410 e. The Balaban J connectivity index is 1.65. The number of rotatable bonds is 5. The van der Waals surface area contributed by atoms with E-state index < -0.39 is 5.60 Å². The fourth-order valence-electron chi connectivity index (χ4n) is 5.32. The van der Waals surface area contributed by atoms with E-state index in [2.05, 4.69) is 26.0 Å². The van der Waals surface area contributed by atoms with Gasteiger partial charge in [-0.15, -0.1) is 0 Å². The topological polar surface area (TPSA) is 75.1 Å². The molecule has 1 unspecified atom stereocenters. The third-order valence-electron chi connectivity index (χ3n) is 7.14. The lowest BCUT2D eigenvalue weighted by atomic mass is 9.74. The van der Waals surface area contributed by atoms with Crippen molar-refractivity contribution in [1.29, 1.82) is 5.41 Å². The normalized spacial score (nSPS) is 17.5. The molecule has 0 bridgehead atoms. The molecule has 7 heteroatoms. The van der Waals surface area contributed by atoms with Crippen LogP contribution in [-0.2, 0) is 4.74 Å². The van der Waals surface area contributed by atoms with Crippen molar-refractivity contribution in [3.05, 3.63) is 53.1 Å². The number of ether oxygens (including phenoxy) is 3. The van der Waals surface area contributed by atoms with Crippen molar-refractivity contribution in [3.8, 4) is 17.2 Å². The Kier molecular flexibility index (Phi) is 7.48. The average molecular weight is 494 g/mol. The molecule has 0 saturated carbocycles. The molecule has 4 rings (SSSR count). The van der Waals surface area contributed by atoms with Crippen molar-refractivity contribution < 1.29 is 19.0 Å². The van der Waals surface area contributed by atoms with E-state index in [9.17, 15) is 4.79 Å². The van der Waals surface area contributed by atoms with Crippen molar-refractivity contribution in [3.63, 3.8) is 0 Å². The Morgan fingerprint density at radius 1 is 1.11 bits per heavy atom. The zero-order chi connectivity index (χ0) is 26.0. The Morgan fingerprint density at radius 3 is 2.42 bits per heavy atom. The van der Waals surface area contributed by atoms with Crippen LogP contribution >= 0.6 is 0 Å². The van der Waals surface area contributed by atoms with Gasteiger partial charge in [0.1, 0.15) is 17.2 Å². The predicted octanol–water partition coefficient (Wildman–Crippen LogP) is 6.25. The molecule has 1 amide bonds. The first-order valence-corrected chi connectivity index (χ1v) is 13.0. The predicted molar refractivity (Wildman–Crippen MR) is 142 cm³/mol. The number of para-hydroxylation sites is 1. The van der Waals surface area contributed by atoms with Crippen LogP contribution in [0.15, 0.2) is 36.4 Å². The number of carbonyl (C=O) groups is 1. The van der Waals surface area contributed by atoms with Crippen LogP contribution in [0.4, 0.5) is 4.79 Å². The maximum Gasteiger partial charge on any atom is 0.410 e. The third kappa shape index (κ3) is 5.15. The highest BCUT2D eigenvalue weighted by Crippen LogP contribution is 2.52. The van der Waals surface area contributed by atoms with Crippen LogP contribution < -0.4 is 9.47 Å². The molecule has 0 radical (unpaired) electrons. The summed E-state index contributed by atoms with van der Waals surface area (Å²) in [6.45, 7) is 12.7. The highest BCUT2D eigenvalue weighted by molar-refractivity contribution is 5.97. The third-order valence-corrected chi connectivity index (χ3v) is 7.14. The number of hydrogen-bond donors (Lipinski definition) is 1. The highest BCUT2D eigenvalue weighted by Gasteiger charge is 2.38. The van der Waals surface area contributed by atoms with Gasteiger partial charge in [-0.05, 0) is 65.5 Å². The lowest BCUT2D eigenvalue weighted by Gasteiger charge is -2.39. The zero-order valence-corrected chi connectivity index (χ0v) is 22.4. The van der Waals surface area contributed by atoms with Crippen LogP contribution in [0, 0.1) is 11.3 Å². The Labute approximate surface area is 214 Å². The van der Waals surface area contributed by atoms with Gasteiger partial charge < -0.3 is 24.0 Å². The van der Waals surface area contributed by atoms with Crippen LogP contribution in [0.25, 0.3) is 0 Å². The minimum absolute atomic E-state index is 0.122. The molecule has 2 heterocycles. The summed E-state index contributed by atoms with van der Waals surface area (Å²) in [6.07, 6.45) is 1.50. The van der Waals surface area contributed by atoms with E-state index in [1.165, 1.54) is 0 Å². The first kappa shape index (κ1) is 25.9. The second-order valence-corrected chi connectivity index (χ2v) is 10.5. The van der Waals surface area contributed by atoms with Crippen LogP contribution in [0.1, 0.15) is 70.1 Å². The zero-order valence-electron chi connectivity index (χ0n) is 22.4. The average Bonchev–Trinajstić information content (AvgIpc) is 2.86. The van der Waals surface area contributed by atoms with E-state index in [-0.39, 0.29) is 12.0 Å². The van der Waals surface area contributed by atoms with Gasteiger partial charge in [0.15, 0.2) is 11.5 Å². The lowest BCUT2D eigenvalue weighted by molar-refractivity contribution is 0.0177. The maximum absolute atomic E-state index is 12.6. The fraction of sp³-hybridized carbons (Fsp3) is 0.517. The van der Waals surface area contributed by atoms with Gasteiger partial charge in [-0.1, -0.05) is 24.3 Å². The van der Waals surface area contributed by atoms with Crippen molar-refractivity contribution in [1.82, 2.24) is 9.80 Å². The molecular formula is C29H39N3O4. The van der Waals surface area contributed by atoms with Crippen LogP contribution in [-0.4, -0.2) is 60.6 Å². The minimum atomic E-state index is -0.500. The lowest BCUT2D eigenvalue weighted by Crippen LogP contribution is -2.42. The van der Waals surface area contributed by atoms with Crippen LogP contribution in [0.5, 0.6) is 17.2 Å². The Morgan fingerprint density at radius 2 is 1.81 bits per heavy atom. The van der Waals surface area contributed by atoms with Gasteiger partial charge in [-0.25, -0.2) is 4.79 Å². The SMILES string of the molecule is CCN(CC)C(=N)c1ccc2c(c1)Oc1c(OC)cccc1C2C1CCN(C(=O)OC(C)(C)C)CC1. The monoisotopic (exact) mass is 493 g/mol. The molecule has 1 saturated heterocycles. The van der Waals surface area contributed by atoms with Crippen molar-refractivity contribution in [2.75, 3.05) is 33.3 Å². The summed E-state index contributed by atoms with van der Waals surface area (Å²) in [5.74, 6) is 3.19. The summed E-state index contributed by atoms with van der Waals surface area (Å²) in [5.41, 5.74) is 2.58. The van der Waals surface area contributed by atoms with Crippen molar-refractivity contribution >= 4 is 11.9 Å².